The van der Waals surface area contributed by atoms with Gasteiger partial charge in [0, 0.05) is 6.04 Å². The molecule has 18 heavy (non-hydrogen) atoms. The van der Waals surface area contributed by atoms with Gasteiger partial charge in [0.25, 0.3) is 0 Å². The maximum Gasteiger partial charge on any atom is 0.125 e. The lowest BCUT2D eigenvalue weighted by molar-refractivity contribution is 0.400. The summed E-state index contributed by atoms with van der Waals surface area (Å²) in [6.45, 7) is 10.9. The van der Waals surface area contributed by atoms with E-state index < -0.39 is 0 Å². The number of hydrogen-bond donors (Lipinski definition) is 1. The van der Waals surface area contributed by atoms with Crippen LogP contribution >= 0.6 is 0 Å². The van der Waals surface area contributed by atoms with Crippen molar-refractivity contribution in [1.82, 2.24) is 0 Å². The van der Waals surface area contributed by atoms with Gasteiger partial charge >= 0.3 is 0 Å². The molecule has 0 fully saturated rings. The van der Waals surface area contributed by atoms with Gasteiger partial charge in [0.2, 0.25) is 0 Å². The van der Waals surface area contributed by atoms with E-state index in [2.05, 4.69) is 39.8 Å². The van der Waals surface area contributed by atoms with Crippen molar-refractivity contribution in [2.75, 3.05) is 7.11 Å². The minimum Gasteiger partial charge on any atom is -0.496 e. The fourth-order valence-corrected chi connectivity index (χ4v) is 2.32. The predicted molar refractivity (Wildman–Crippen MR) is 78.5 cm³/mol. The molecule has 0 aliphatic heterocycles. The topological polar surface area (TPSA) is 35.2 Å². The average molecular weight is 249 g/mol. The van der Waals surface area contributed by atoms with E-state index in [4.69, 9.17) is 10.5 Å². The Morgan fingerprint density at radius 3 is 1.72 bits per heavy atom. The number of methoxy groups -OCH3 is 1. The third kappa shape index (κ3) is 3.49. The largest absolute Gasteiger partial charge is 0.496 e. The van der Waals surface area contributed by atoms with Crippen LogP contribution in [0.15, 0.2) is 12.1 Å². The summed E-state index contributed by atoms with van der Waals surface area (Å²) in [7, 11) is 1.76. The van der Waals surface area contributed by atoms with Crippen molar-refractivity contribution in [3.63, 3.8) is 0 Å². The summed E-state index contributed by atoms with van der Waals surface area (Å²) < 4.78 is 5.63. The molecule has 0 amide bonds. The van der Waals surface area contributed by atoms with Gasteiger partial charge < -0.3 is 10.5 Å². The summed E-state index contributed by atoms with van der Waals surface area (Å²) >= 11 is 0. The number of ether oxygens (including phenoxy) is 1. The third-order valence-corrected chi connectivity index (χ3v) is 3.21. The van der Waals surface area contributed by atoms with Crippen LogP contribution in [-0.2, 0) is 6.42 Å². The second-order valence-electron chi connectivity index (χ2n) is 5.80. The van der Waals surface area contributed by atoms with Crippen molar-refractivity contribution in [1.29, 1.82) is 0 Å². The molecule has 2 N–H and O–H groups in total. The molecule has 0 aliphatic rings. The zero-order chi connectivity index (χ0) is 13.9. The van der Waals surface area contributed by atoms with Crippen molar-refractivity contribution >= 4 is 0 Å². The molecule has 1 atom stereocenters. The van der Waals surface area contributed by atoms with Gasteiger partial charge in [0.1, 0.15) is 5.75 Å². The Balaban J connectivity index is 3.34. The van der Waals surface area contributed by atoms with E-state index >= 15 is 0 Å². The molecule has 0 aliphatic carbocycles. The molecule has 102 valence electrons. The van der Waals surface area contributed by atoms with Crippen LogP contribution in [0.25, 0.3) is 0 Å². The molecule has 1 aromatic carbocycles. The zero-order valence-corrected chi connectivity index (χ0v) is 12.6. The Morgan fingerprint density at radius 1 is 1.00 bits per heavy atom. The molecule has 0 saturated heterocycles. The lowest BCUT2D eigenvalue weighted by Gasteiger charge is -2.20. The third-order valence-electron chi connectivity index (χ3n) is 3.21. The number of nitrogens with two attached hydrogens (primary N) is 1. The summed E-state index contributed by atoms with van der Waals surface area (Å²) in [6.07, 6.45) is 0.920. The molecule has 0 radical (unpaired) electrons. The molecular weight excluding hydrogens is 222 g/mol. The Kier molecular flexibility index (Phi) is 5.21. The van der Waals surface area contributed by atoms with Crippen molar-refractivity contribution in [3.8, 4) is 5.75 Å². The molecule has 1 aromatic rings. The summed E-state index contributed by atoms with van der Waals surface area (Å²) in [4.78, 5) is 0. The van der Waals surface area contributed by atoms with Crippen LogP contribution in [0.3, 0.4) is 0 Å². The van der Waals surface area contributed by atoms with Gasteiger partial charge in [-0.1, -0.05) is 39.8 Å². The van der Waals surface area contributed by atoms with E-state index in [9.17, 15) is 0 Å². The lowest BCUT2D eigenvalue weighted by atomic mass is 9.90. The second-order valence-corrected chi connectivity index (χ2v) is 5.80. The van der Waals surface area contributed by atoms with E-state index in [-0.39, 0.29) is 6.04 Å². The molecule has 1 rings (SSSR count). The molecule has 0 heterocycles. The summed E-state index contributed by atoms with van der Waals surface area (Å²) in [5, 5.41) is 0. The highest BCUT2D eigenvalue weighted by Crippen LogP contribution is 2.35. The Bertz CT molecular complexity index is 365. The molecule has 0 saturated carbocycles. The quantitative estimate of drug-likeness (QED) is 0.860. The van der Waals surface area contributed by atoms with Crippen LogP contribution in [0.5, 0.6) is 5.75 Å². The van der Waals surface area contributed by atoms with Crippen LogP contribution in [0.1, 0.15) is 63.1 Å². The van der Waals surface area contributed by atoms with E-state index in [1.54, 1.807) is 7.11 Å². The van der Waals surface area contributed by atoms with Crippen LogP contribution in [0.2, 0.25) is 0 Å². The second kappa shape index (κ2) is 6.24. The minimum atomic E-state index is 0.193. The van der Waals surface area contributed by atoms with Gasteiger partial charge in [-0.3, -0.25) is 0 Å². The van der Waals surface area contributed by atoms with Gasteiger partial charge in [-0.25, -0.2) is 0 Å². The zero-order valence-electron chi connectivity index (χ0n) is 12.6. The molecular formula is C16H27NO. The van der Waals surface area contributed by atoms with Gasteiger partial charge in [-0.05, 0) is 41.9 Å². The SMILES string of the molecule is COc1c(C(C)C)cc(CC(C)N)cc1C(C)C. The van der Waals surface area contributed by atoms with Crippen LogP contribution in [-0.4, -0.2) is 13.2 Å². The molecule has 0 spiro atoms. The first-order valence-corrected chi connectivity index (χ1v) is 6.83. The predicted octanol–water partition coefficient (Wildman–Crippen LogP) is 3.83. The van der Waals surface area contributed by atoms with E-state index in [1.807, 2.05) is 6.92 Å². The number of hydrogen-bond acceptors (Lipinski definition) is 2. The van der Waals surface area contributed by atoms with Gasteiger partial charge in [0.05, 0.1) is 7.11 Å². The molecule has 0 aromatic heterocycles. The Morgan fingerprint density at radius 2 is 1.44 bits per heavy atom. The number of rotatable bonds is 5. The first-order valence-electron chi connectivity index (χ1n) is 6.83. The Labute approximate surface area is 112 Å². The average Bonchev–Trinajstić information content (AvgIpc) is 2.26. The normalized spacial score (nSPS) is 13.2. The fourth-order valence-electron chi connectivity index (χ4n) is 2.32. The van der Waals surface area contributed by atoms with E-state index in [0.29, 0.717) is 11.8 Å². The minimum absolute atomic E-state index is 0.193. The smallest absolute Gasteiger partial charge is 0.125 e. The molecule has 1 unspecified atom stereocenters. The highest BCUT2D eigenvalue weighted by Gasteiger charge is 2.16. The maximum atomic E-state index is 5.92. The lowest BCUT2D eigenvalue weighted by Crippen LogP contribution is -2.18. The van der Waals surface area contributed by atoms with E-state index in [0.717, 1.165) is 12.2 Å². The van der Waals surface area contributed by atoms with Crippen molar-refractivity contribution in [3.05, 3.63) is 28.8 Å². The first kappa shape index (κ1) is 15.0. The highest BCUT2D eigenvalue weighted by atomic mass is 16.5. The van der Waals surface area contributed by atoms with Gasteiger partial charge in [0.15, 0.2) is 0 Å². The Hall–Kier alpha value is -1.02. The van der Waals surface area contributed by atoms with Crippen molar-refractivity contribution in [2.45, 2.75) is 58.9 Å². The monoisotopic (exact) mass is 249 g/mol. The van der Waals surface area contributed by atoms with Crippen LogP contribution in [0, 0.1) is 0 Å². The summed E-state index contributed by atoms with van der Waals surface area (Å²) in [6, 6.07) is 4.69. The van der Waals surface area contributed by atoms with Crippen molar-refractivity contribution in [2.24, 2.45) is 5.73 Å². The van der Waals surface area contributed by atoms with Gasteiger partial charge in [-0.2, -0.15) is 0 Å². The number of benzene rings is 1. The summed E-state index contributed by atoms with van der Waals surface area (Å²) in [5.41, 5.74) is 9.82. The molecule has 0 bridgehead atoms. The summed E-state index contributed by atoms with van der Waals surface area (Å²) in [5.74, 6) is 1.98. The fraction of sp³-hybridized carbons (Fsp3) is 0.625. The molecule has 2 nitrogen and oxygen atoms in total. The highest BCUT2D eigenvalue weighted by molar-refractivity contribution is 5.48. The van der Waals surface area contributed by atoms with Crippen LogP contribution in [0.4, 0.5) is 0 Å². The maximum absolute atomic E-state index is 5.92. The van der Waals surface area contributed by atoms with Gasteiger partial charge in [-0.15, -0.1) is 0 Å². The molecule has 2 heteroatoms. The standard InChI is InChI=1S/C16H27NO/c1-10(2)14-8-13(7-12(5)17)9-15(11(3)4)16(14)18-6/h8-12H,7,17H2,1-6H3. The van der Waals surface area contributed by atoms with E-state index in [1.165, 1.54) is 16.7 Å². The van der Waals surface area contributed by atoms with Crippen LogP contribution < -0.4 is 10.5 Å². The van der Waals surface area contributed by atoms with Crippen molar-refractivity contribution < 1.29 is 4.74 Å². The first-order chi connectivity index (χ1) is 8.36.